The first-order chi connectivity index (χ1) is 12.7. The van der Waals surface area contributed by atoms with Gasteiger partial charge < -0.3 is 20.3 Å². The molecule has 0 saturated carbocycles. The maximum atomic E-state index is 12.1. The lowest BCUT2D eigenvalue weighted by molar-refractivity contribution is -0.163. The van der Waals surface area contributed by atoms with E-state index in [1.165, 1.54) is 12.1 Å². The second kappa shape index (κ2) is 8.80. The Balaban J connectivity index is 3.19. The zero-order valence-electron chi connectivity index (χ0n) is 17.7. The number of carbonyl (C=O) groups excluding carboxylic acids is 1. The third kappa shape index (κ3) is 6.70. The van der Waals surface area contributed by atoms with Crippen LogP contribution in [0.4, 0.5) is 4.79 Å². The number of carbonyl (C=O) groups is 2. The largest absolute Gasteiger partial charge is 0.479 e. The smallest absolute Gasteiger partial charge is 0.407 e. The van der Waals surface area contributed by atoms with Crippen LogP contribution < -0.4 is 5.32 Å². The summed E-state index contributed by atoms with van der Waals surface area (Å²) in [6, 6.07) is 5.34. The second-order valence-electron chi connectivity index (χ2n) is 8.76. The Bertz CT molecular complexity index is 765. The van der Waals surface area contributed by atoms with Crippen molar-refractivity contribution in [3.8, 4) is 11.5 Å². The van der Waals surface area contributed by atoms with Crippen molar-refractivity contribution in [2.45, 2.75) is 71.0 Å². The van der Waals surface area contributed by atoms with Crippen LogP contribution in [0.5, 0.6) is 0 Å². The van der Waals surface area contributed by atoms with Gasteiger partial charge in [-0.15, -0.1) is 5.54 Å². The molecule has 0 heterocycles. The number of rotatable bonds is 5. The lowest BCUT2D eigenvalue weighted by atomic mass is 9.84. The summed E-state index contributed by atoms with van der Waals surface area (Å²) in [5.41, 5.74) is 1.12. The van der Waals surface area contributed by atoms with Crippen LogP contribution in [0, 0.1) is 11.5 Å². The molecule has 0 aromatic heterocycles. The summed E-state index contributed by atoms with van der Waals surface area (Å²) in [6.07, 6.45) is -0.587. The summed E-state index contributed by atoms with van der Waals surface area (Å²) in [4.78, 5) is 24.1. The molecule has 0 fully saturated rings. The normalized spacial score (nSPS) is 14.9. The van der Waals surface area contributed by atoms with Gasteiger partial charge >= 0.3 is 12.1 Å². The molecule has 0 radical (unpaired) electrons. The maximum Gasteiger partial charge on any atom is 0.407 e. The number of amides is 1. The molecule has 3 N–H and O–H groups in total. The number of benzene rings is 1. The first-order valence-electron chi connectivity index (χ1n) is 9.28. The minimum absolute atomic E-state index is 0.168. The summed E-state index contributed by atoms with van der Waals surface area (Å²) in [7, 11) is -1.54. The van der Waals surface area contributed by atoms with Crippen LogP contribution in [-0.4, -0.2) is 42.0 Å². The zero-order chi connectivity index (χ0) is 21.8. The number of carboxylic acids is 1. The molecular formula is C21H31NO5Si. The van der Waals surface area contributed by atoms with Gasteiger partial charge in [-0.05, 0) is 44.9 Å². The van der Waals surface area contributed by atoms with E-state index in [0.29, 0.717) is 0 Å². The third-order valence-electron chi connectivity index (χ3n) is 3.84. The fourth-order valence-electron chi connectivity index (χ4n) is 2.49. The van der Waals surface area contributed by atoms with E-state index < -0.39 is 37.4 Å². The van der Waals surface area contributed by atoms with Gasteiger partial charge in [0.05, 0.1) is 6.04 Å². The molecule has 154 valence electrons. The summed E-state index contributed by atoms with van der Waals surface area (Å²) in [5, 5.41) is 23.3. The average molecular weight is 406 g/mol. The summed E-state index contributed by atoms with van der Waals surface area (Å²) in [6.45, 7) is 13.2. The maximum absolute atomic E-state index is 12.1. The van der Waals surface area contributed by atoms with Crippen molar-refractivity contribution >= 4 is 20.1 Å². The average Bonchev–Trinajstić information content (AvgIpc) is 2.55. The Morgan fingerprint density at radius 2 is 1.71 bits per heavy atom. The van der Waals surface area contributed by atoms with Gasteiger partial charge in [-0.1, -0.05) is 44.6 Å². The van der Waals surface area contributed by atoms with Crippen LogP contribution >= 0.6 is 0 Å². The first kappa shape index (κ1) is 23.7. The van der Waals surface area contributed by atoms with Crippen molar-refractivity contribution in [3.63, 3.8) is 0 Å². The molecule has 0 saturated heterocycles. The lowest BCUT2D eigenvalue weighted by Crippen LogP contribution is -2.55. The van der Waals surface area contributed by atoms with Crippen molar-refractivity contribution in [1.82, 2.24) is 5.32 Å². The molecule has 1 rings (SSSR count). The third-order valence-corrected chi connectivity index (χ3v) is 4.71. The Labute approximate surface area is 168 Å². The molecule has 28 heavy (non-hydrogen) atoms. The number of carboxylic acid groups (broad SMARTS) is 1. The number of alkyl carbamates (subject to hydrolysis) is 1. The van der Waals surface area contributed by atoms with E-state index in [2.05, 4.69) is 36.4 Å². The Hall–Kier alpha value is -2.30. The molecule has 0 aliphatic rings. The van der Waals surface area contributed by atoms with Crippen LogP contribution in [0.2, 0.25) is 19.6 Å². The van der Waals surface area contributed by atoms with Gasteiger partial charge in [-0.25, -0.2) is 9.59 Å². The van der Waals surface area contributed by atoms with Crippen molar-refractivity contribution in [3.05, 3.63) is 35.4 Å². The molecule has 2 atom stereocenters. The lowest BCUT2D eigenvalue weighted by Gasteiger charge is -2.33. The van der Waals surface area contributed by atoms with Gasteiger partial charge in [0.1, 0.15) is 13.7 Å². The van der Waals surface area contributed by atoms with E-state index >= 15 is 0 Å². The highest BCUT2D eigenvalue weighted by atomic mass is 28.3. The van der Waals surface area contributed by atoms with Crippen LogP contribution in [0.15, 0.2) is 24.3 Å². The summed E-state index contributed by atoms with van der Waals surface area (Å²) < 4.78 is 5.20. The number of hydrogen-bond acceptors (Lipinski definition) is 4. The summed E-state index contributed by atoms with van der Waals surface area (Å²) in [5.74, 6) is 1.64. The van der Waals surface area contributed by atoms with Gasteiger partial charge in [-0.3, -0.25) is 0 Å². The number of aliphatic hydroxyl groups is 1. The van der Waals surface area contributed by atoms with Gasteiger partial charge in [0.2, 0.25) is 5.60 Å². The molecule has 1 unspecified atom stereocenters. The molecule has 7 heteroatoms. The topological polar surface area (TPSA) is 95.9 Å². The van der Waals surface area contributed by atoms with Crippen LogP contribution in [0.1, 0.15) is 45.2 Å². The molecule has 0 bridgehead atoms. The van der Waals surface area contributed by atoms with Gasteiger partial charge in [0.15, 0.2) is 0 Å². The van der Waals surface area contributed by atoms with Gasteiger partial charge in [0, 0.05) is 5.56 Å². The molecule has 1 aromatic rings. The second-order valence-corrected chi connectivity index (χ2v) is 13.5. The van der Waals surface area contributed by atoms with Crippen molar-refractivity contribution < 1.29 is 24.5 Å². The number of hydrogen-bond donors (Lipinski definition) is 3. The first-order valence-corrected chi connectivity index (χ1v) is 12.8. The van der Waals surface area contributed by atoms with Crippen molar-refractivity contribution in [1.29, 1.82) is 0 Å². The van der Waals surface area contributed by atoms with Gasteiger partial charge in [0.25, 0.3) is 0 Å². The highest BCUT2D eigenvalue weighted by Crippen LogP contribution is 2.28. The molecule has 0 spiro atoms. The Kier molecular flexibility index (Phi) is 7.46. The van der Waals surface area contributed by atoms with Crippen LogP contribution in [0.3, 0.4) is 0 Å². The predicted octanol–water partition coefficient (Wildman–Crippen LogP) is 3.49. The van der Waals surface area contributed by atoms with E-state index in [4.69, 9.17) is 4.74 Å². The van der Waals surface area contributed by atoms with E-state index in [-0.39, 0.29) is 12.0 Å². The van der Waals surface area contributed by atoms with E-state index in [1.54, 1.807) is 39.8 Å². The van der Waals surface area contributed by atoms with Crippen LogP contribution in [0.25, 0.3) is 0 Å². The summed E-state index contributed by atoms with van der Waals surface area (Å²) >= 11 is 0. The highest BCUT2D eigenvalue weighted by molar-refractivity contribution is 6.83. The molecule has 6 nitrogen and oxygen atoms in total. The molecule has 1 amide bonds. The fraction of sp³-hybridized carbons (Fsp3) is 0.524. The van der Waals surface area contributed by atoms with E-state index in [0.717, 1.165) is 5.56 Å². The Morgan fingerprint density at radius 1 is 1.18 bits per heavy atom. The fourth-order valence-corrected chi connectivity index (χ4v) is 3.01. The molecule has 0 aliphatic heterocycles. The SMILES string of the molecule is CCC(NC(=O)OC(C)(C)C)[C@@](O)(C(=O)O)c1ccc(C#C[Si](C)(C)C)cc1. The van der Waals surface area contributed by atoms with Crippen LogP contribution in [-0.2, 0) is 15.1 Å². The van der Waals surface area contributed by atoms with Crippen molar-refractivity contribution in [2.24, 2.45) is 0 Å². The molecular weight excluding hydrogens is 374 g/mol. The quantitative estimate of drug-likeness (QED) is 0.515. The number of nitrogens with one attached hydrogen (secondary N) is 1. The van der Waals surface area contributed by atoms with E-state index in [1.807, 2.05) is 0 Å². The molecule has 0 aliphatic carbocycles. The number of aliphatic carboxylic acids is 1. The monoisotopic (exact) mass is 405 g/mol. The molecule has 1 aromatic carbocycles. The predicted molar refractivity (Wildman–Crippen MR) is 112 cm³/mol. The van der Waals surface area contributed by atoms with Gasteiger partial charge in [-0.2, -0.15) is 0 Å². The minimum atomic E-state index is -2.30. The standard InChI is InChI=1S/C21H31NO5Si/c1-8-17(22-19(25)27-20(2,3)4)21(26,18(23)24)16-11-9-15(10-12-16)13-14-28(5,6)7/h9-12,17,26H,8H2,1-7H3,(H,22,25)(H,23,24)/t17?,21-/m1/s1. The zero-order valence-corrected chi connectivity index (χ0v) is 18.7. The number of ether oxygens (including phenoxy) is 1. The van der Waals surface area contributed by atoms with E-state index in [9.17, 15) is 19.8 Å². The van der Waals surface area contributed by atoms with Crippen molar-refractivity contribution in [2.75, 3.05) is 0 Å². The Morgan fingerprint density at radius 3 is 2.11 bits per heavy atom. The minimum Gasteiger partial charge on any atom is -0.479 e. The highest BCUT2D eigenvalue weighted by Gasteiger charge is 2.46.